The molecule has 4 nitrogen and oxygen atoms in total. The predicted octanol–water partition coefficient (Wildman–Crippen LogP) is 3.15. The van der Waals surface area contributed by atoms with Gasteiger partial charge in [-0.1, -0.05) is 18.2 Å². The van der Waals surface area contributed by atoms with Crippen LogP contribution in [0.4, 0.5) is 0 Å². The van der Waals surface area contributed by atoms with Gasteiger partial charge in [0.15, 0.2) is 0 Å². The Morgan fingerprint density at radius 3 is 2.40 bits per heavy atom. The number of hydrogen-bond acceptors (Lipinski definition) is 2. The van der Waals surface area contributed by atoms with Gasteiger partial charge in [0.25, 0.3) is 5.91 Å². The van der Waals surface area contributed by atoms with E-state index in [4.69, 9.17) is 0 Å². The first-order valence-corrected chi connectivity index (χ1v) is 9.32. The molecule has 4 rings (SSSR count). The lowest BCUT2D eigenvalue weighted by atomic mass is 9.78. The number of carbonyl (C=O) groups excluding carboxylic acids is 1. The number of piperidine rings is 1. The van der Waals surface area contributed by atoms with E-state index in [9.17, 15) is 4.79 Å². The van der Waals surface area contributed by atoms with Crippen molar-refractivity contribution in [3.63, 3.8) is 0 Å². The number of rotatable bonds is 3. The first-order valence-electron chi connectivity index (χ1n) is 9.32. The molecule has 0 aliphatic carbocycles. The van der Waals surface area contributed by atoms with E-state index >= 15 is 0 Å². The molecule has 3 heterocycles. The molecule has 1 spiro atoms. The van der Waals surface area contributed by atoms with Gasteiger partial charge in [0.1, 0.15) is 0 Å². The SMILES string of the molecule is Cn1cccc1CN1CCC2(CC1)CCN(C(=O)c1ccccc1)C2. The minimum absolute atomic E-state index is 0.198. The van der Waals surface area contributed by atoms with Gasteiger partial charge in [-0.2, -0.15) is 0 Å². The molecule has 0 radical (unpaired) electrons. The van der Waals surface area contributed by atoms with Crippen LogP contribution in [0, 0.1) is 5.41 Å². The maximum Gasteiger partial charge on any atom is 0.253 e. The number of aryl methyl sites for hydroxylation is 1. The molecule has 4 heteroatoms. The number of nitrogens with zero attached hydrogens (tertiary/aromatic N) is 3. The van der Waals surface area contributed by atoms with Crippen LogP contribution in [0.5, 0.6) is 0 Å². The predicted molar refractivity (Wildman–Crippen MR) is 99.3 cm³/mol. The van der Waals surface area contributed by atoms with Crippen molar-refractivity contribution < 1.29 is 4.79 Å². The van der Waals surface area contributed by atoms with E-state index in [0.29, 0.717) is 5.41 Å². The van der Waals surface area contributed by atoms with Crippen molar-refractivity contribution in [2.45, 2.75) is 25.8 Å². The van der Waals surface area contributed by atoms with E-state index in [1.807, 2.05) is 30.3 Å². The second-order valence-electron chi connectivity index (χ2n) is 7.73. The van der Waals surface area contributed by atoms with Crippen LogP contribution in [0.2, 0.25) is 0 Å². The molecule has 25 heavy (non-hydrogen) atoms. The zero-order chi connectivity index (χ0) is 17.3. The second kappa shape index (κ2) is 6.68. The third kappa shape index (κ3) is 3.36. The van der Waals surface area contributed by atoms with Gasteiger partial charge >= 0.3 is 0 Å². The van der Waals surface area contributed by atoms with Crippen LogP contribution in [0.3, 0.4) is 0 Å². The lowest BCUT2D eigenvalue weighted by molar-refractivity contribution is 0.0712. The van der Waals surface area contributed by atoms with Crippen molar-refractivity contribution in [2.75, 3.05) is 26.2 Å². The summed E-state index contributed by atoms with van der Waals surface area (Å²) >= 11 is 0. The van der Waals surface area contributed by atoms with Crippen LogP contribution in [-0.4, -0.2) is 46.5 Å². The van der Waals surface area contributed by atoms with Crippen LogP contribution >= 0.6 is 0 Å². The molecule has 2 aliphatic rings. The third-order valence-electron chi connectivity index (χ3n) is 6.10. The summed E-state index contributed by atoms with van der Waals surface area (Å²) < 4.78 is 2.21. The van der Waals surface area contributed by atoms with Crippen LogP contribution in [0.25, 0.3) is 0 Å². The van der Waals surface area contributed by atoms with E-state index in [1.165, 1.54) is 18.5 Å². The molecule has 0 atom stereocenters. The van der Waals surface area contributed by atoms with Gasteiger partial charge in [0.05, 0.1) is 0 Å². The zero-order valence-electron chi connectivity index (χ0n) is 15.0. The van der Waals surface area contributed by atoms with Crippen molar-refractivity contribution in [1.29, 1.82) is 0 Å². The molecule has 2 fully saturated rings. The molecule has 2 aromatic rings. The quantitative estimate of drug-likeness (QED) is 0.861. The average Bonchev–Trinajstić information content (AvgIpc) is 3.24. The molecule has 2 saturated heterocycles. The lowest BCUT2D eigenvalue weighted by Gasteiger charge is -2.39. The van der Waals surface area contributed by atoms with Gasteiger partial charge in [-0.15, -0.1) is 0 Å². The van der Waals surface area contributed by atoms with Gasteiger partial charge in [-0.05, 0) is 62.0 Å². The van der Waals surface area contributed by atoms with E-state index in [2.05, 4.69) is 39.7 Å². The van der Waals surface area contributed by atoms with E-state index in [1.54, 1.807) is 0 Å². The van der Waals surface area contributed by atoms with E-state index in [0.717, 1.165) is 44.7 Å². The molecule has 0 bridgehead atoms. The highest BCUT2D eigenvalue weighted by Crippen LogP contribution is 2.41. The number of aromatic nitrogens is 1. The highest BCUT2D eigenvalue weighted by Gasteiger charge is 2.42. The Labute approximate surface area is 150 Å². The number of hydrogen-bond donors (Lipinski definition) is 0. The largest absolute Gasteiger partial charge is 0.353 e. The molecule has 1 aromatic carbocycles. The van der Waals surface area contributed by atoms with Crippen molar-refractivity contribution in [2.24, 2.45) is 12.5 Å². The fourth-order valence-corrected chi connectivity index (χ4v) is 4.36. The minimum atomic E-state index is 0.198. The summed E-state index contributed by atoms with van der Waals surface area (Å²) in [4.78, 5) is 17.3. The van der Waals surface area contributed by atoms with Crippen LogP contribution in [0.1, 0.15) is 35.3 Å². The Morgan fingerprint density at radius 1 is 1.00 bits per heavy atom. The number of benzene rings is 1. The van der Waals surface area contributed by atoms with Crippen molar-refractivity contribution in [3.8, 4) is 0 Å². The fourth-order valence-electron chi connectivity index (χ4n) is 4.36. The normalized spacial score (nSPS) is 20.3. The van der Waals surface area contributed by atoms with Crippen molar-refractivity contribution in [1.82, 2.24) is 14.4 Å². The first-order chi connectivity index (χ1) is 12.2. The smallest absolute Gasteiger partial charge is 0.253 e. The molecule has 2 aliphatic heterocycles. The molecule has 0 unspecified atom stereocenters. The monoisotopic (exact) mass is 337 g/mol. The fraction of sp³-hybridized carbons (Fsp3) is 0.476. The summed E-state index contributed by atoms with van der Waals surface area (Å²) in [6, 6.07) is 14.0. The van der Waals surface area contributed by atoms with Gasteiger partial charge in [-0.3, -0.25) is 9.69 Å². The Morgan fingerprint density at radius 2 is 1.72 bits per heavy atom. The Hall–Kier alpha value is -2.07. The summed E-state index contributed by atoms with van der Waals surface area (Å²) in [5.74, 6) is 0.198. The van der Waals surface area contributed by atoms with Gasteiger partial charge < -0.3 is 9.47 Å². The Balaban J connectivity index is 1.34. The summed E-state index contributed by atoms with van der Waals surface area (Å²) in [6.45, 7) is 5.15. The lowest BCUT2D eigenvalue weighted by Crippen LogP contribution is -2.42. The van der Waals surface area contributed by atoms with Gasteiger partial charge in [0, 0.05) is 44.1 Å². The number of likely N-dealkylation sites (tertiary alicyclic amines) is 2. The van der Waals surface area contributed by atoms with Crippen molar-refractivity contribution in [3.05, 3.63) is 59.9 Å². The molecule has 132 valence electrons. The summed E-state index contributed by atoms with van der Waals surface area (Å²) in [5, 5.41) is 0. The van der Waals surface area contributed by atoms with Crippen molar-refractivity contribution >= 4 is 5.91 Å². The first kappa shape index (κ1) is 16.4. The summed E-state index contributed by atoms with van der Waals surface area (Å²) in [7, 11) is 2.12. The molecule has 0 saturated carbocycles. The highest BCUT2D eigenvalue weighted by atomic mass is 16.2. The molecular weight excluding hydrogens is 310 g/mol. The number of amides is 1. The maximum absolute atomic E-state index is 12.7. The van der Waals surface area contributed by atoms with Crippen LogP contribution < -0.4 is 0 Å². The van der Waals surface area contributed by atoms with Gasteiger partial charge in [-0.25, -0.2) is 0 Å². The minimum Gasteiger partial charge on any atom is -0.353 e. The average molecular weight is 337 g/mol. The molecule has 1 amide bonds. The summed E-state index contributed by atoms with van der Waals surface area (Å²) in [5.41, 5.74) is 2.54. The topological polar surface area (TPSA) is 28.5 Å². The number of carbonyl (C=O) groups is 1. The molecule has 1 aromatic heterocycles. The Kier molecular flexibility index (Phi) is 4.38. The van der Waals surface area contributed by atoms with Crippen LogP contribution in [0.15, 0.2) is 48.7 Å². The Bertz CT molecular complexity index is 729. The van der Waals surface area contributed by atoms with Gasteiger partial charge in [0.2, 0.25) is 0 Å². The molecule has 0 N–H and O–H groups in total. The summed E-state index contributed by atoms with van der Waals surface area (Å²) in [6.07, 6.45) is 5.68. The molecular formula is C21H27N3O. The third-order valence-corrected chi connectivity index (χ3v) is 6.10. The second-order valence-corrected chi connectivity index (χ2v) is 7.73. The van der Waals surface area contributed by atoms with E-state index < -0.39 is 0 Å². The standard InChI is InChI=1S/C21H27N3O/c1-22-12-5-8-19(22)16-23-13-9-21(10-14-23)11-15-24(17-21)20(25)18-6-3-2-4-7-18/h2-8,12H,9-11,13-17H2,1H3. The highest BCUT2D eigenvalue weighted by molar-refractivity contribution is 5.94. The zero-order valence-corrected chi connectivity index (χ0v) is 15.0. The maximum atomic E-state index is 12.7. The van der Waals surface area contributed by atoms with Crippen LogP contribution in [-0.2, 0) is 13.6 Å². The van der Waals surface area contributed by atoms with E-state index in [-0.39, 0.29) is 5.91 Å².